The summed E-state index contributed by atoms with van der Waals surface area (Å²) in [5.41, 5.74) is -0.600. The van der Waals surface area contributed by atoms with Gasteiger partial charge in [0.05, 0.1) is 0 Å². The highest BCUT2D eigenvalue weighted by Crippen LogP contribution is 2.20. The van der Waals surface area contributed by atoms with Crippen LogP contribution in [0.4, 0.5) is 15.9 Å². The molecule has 2 amide bonds. The Balaban J connectivity index is 2.34. The molecule has 0 fully saturated rings. The van der Waals surface area contributed by atoms with Crippen LogP contribution in [0.3, 0.4) is 0 Å². The summed E-state index contributed by atoms with van der Waals surface area (Å²) in [7, 11) is 0. The molecule has 7 nitrogen and oxygen atoms in total. The number of hydrogen-bond donors (Lipinski definition) is 3. The Bertz CT molecular complexity index is 836. The van der Waals surface area contributed by atoms with E-state index in [4.69, 9.17) is 0 Å². The maximum absolute atomic E-state index is 12.9. The van der Waals surface area contributed by atoms with Crippen molar-refractivity contribution in [2.45, 2.75) is 25.4 Å². The first kappa shape index (κ1) is 18.7. The minimum absolute atomic E-state index is 0.0367. The number of H-pyrrole nitrogens is 1. The van der Waals surface area contributed by atoms with Crippen LogP contribution in [0.15, 0.2) is 34.2 Å². The molecule has 0 atom stereocenters. The molecule has 1 heterocycles. The minimum atomic E-state index is -0.618. The lowest BCUT2D eigenvalue weighted by molar-refractivity contribution is -0.114. The number of nitrogens with one attached hydrogen (secondary N) is 3. The van der Waals surface area contributed by atoms with Crippen molar-refractivity contribution >= 4 is 35.1 Å². The Labute approximate surface area is 147 Å². The SMILES string of the molecule is CCCSc1nc(NC(C)=O)c(NC(=O)c2ccc(F)cc2)c(=O)[nH]1. The second-order valence-corrected chi connectivity index (χ2v) is 6.17. The van der Waals surface area contributed by atoms with Crippen molar-refractivity contribution in [1.82, 2.24) is 9.97 Å². The van der Waals surface area contributed by atoms with Crippen molar-refractivity contribution in [1.29, 1.82) is 0 Å². The number of anilines is 2. The lowest BCUT2D eigenvalue weighted by Crippen LogP contribution is -2.24. The fourth-order valence-electron chi connectivity index (χ4n) is 1.88. The monoisotopic (exact) mass is 364 g/mol. The first-order valence-corrected chi connectivity index (χ1v) is 8.51. The van der Waals surface area contributed by atoms with E-state index in [2.05, 4.69) is 20.6 Å². The van der Waals surface area contributed by atoms with Crippen molar-refractivity contribution < 1.29 is 14.0 Å². The number of carbonyl (C=O) groups excluding carboxylic acids is 2. The van der Waals surface area contributed by atoms with Crippen LogP contribution in [0, 0.1) is 5.82 Å². The zero-order valence-electron chi connectivity index (χ0n) is 13.7. The van der Waals surface area contributed by atoms with Crippen LogP contribution in [0.25, 0.3) is 0 Å². The molecule has 0 unspecified atom stereocenters. The topological polar surface area (TPSA) is 104 Å². The van der Waals surface area contributed by atoms with Gasteiger partial charge in [-0.3, -0.25) is 19.4 Å². The molecule has 0 spiro atoms. The third-order valence-corrected chi connectivity index (χ3v) is 4.06. The minimum Gasteiger partial charge on any atom is -0.314 e. The zero-order chi connectivity index (χ0) is 18.4. The highest BCUT2D eigenvalue weighted by atomic mass is 32.2. The lowest BCUT2D eigenvalue weighted by atomic mass is 10.2. The molecule has 0 aliphatic rings. The Morgan fingerprint density at radius 1 is 1.24 bits per heavy atom. The van der Waals surface area contributed by atoms with Gasteiger partial charge >= 0.3 is 0 Å². The van der Waals surface area contributed by atoms with Gasteiger partial charge in [0.1, 0.15) is 5.82 Å². The van der Waals surface area contributed by atoms with Gasteiger partial charge in [-0.25, -0.2) is 9.37 Å². The number of rotatable bonds is 6. The van der Waals surface area contributed by atoms with E-state index in [1.54, 1.807) is 0 Å². The van der Waals surface area contributed by atoms with Crippen LogP contribution >= 0.6 is 11.8 Å². The zero-order valence-corrected chi connectivity index (χ0v) is 14.5. The molecule has 2 aromatic rings. The van der Waals surface area contributed by atoms with Crippen molar-refractivity contribution in [3.63, 3.8) is 0 Å². The Morgan fingerprint density at radius 3 is 2.52 bits per heavy atom. The molecule has 0 bridgehead atoms. The number of hydrogen-bond acceptors (Lipinski definition) is 5. The summed E-state index contributed by atoms with van der Waals surface area (Å²) >= 11 is 1.33. The lowest BCUT2D eigenvalue weighted by Gasteiger charge is -2.11. The third kappa shape index (κ3) is 5.15. The normalized spacial score (nSPS) is 10.4. The van der Waals surface area contributed by atoms with Crippen LogP contribution < -0.4 is 16.2 Å². The number of thioether (sulfide) groups is 1. The molecule has 0 saturated carbocycles. The summed E-state index contributed by atoms with van der Waals surface area (Å²) in [5, 5.41) is 5.19. The number of nitrogens with zero attached hydrogens (tertiary/aromatic N) is 1. The molecular formula is C16H17FN4O3S. The molecule has 132 valence electrons. The van der Waals surface area contributed by atoms with E-state index in [9.17, 15) is 18.8 Å². The smallest absolute Gasteiger partial charge is 0.277 e. The quantitative estimate of drug-likeness (QED) is 0.540. The molecule has 0 aliphatic carbocycles. The number of aromatic amines is 1. The Kier molecular flexibility index (Phi) is 6.29. The number of halogens is 1. The largest absolute Gasteiger partial charge is 0.314 e. The second-order valence-electron chi connectivity index (χ2n) is 5.09. The summed E-state index contributed by atoms with van der Waals surface area (Å²) in [4.78, 5) is 42.6. The molecule has 0 aliphatic heterocycles. The molecule has 9 heteroatoms. The fourth-order valence-corrected chi connectivity index (χ4v) is 2.60. The van der Waals surface area contributed by atoms with Gasteiger partial charge in [0.2, 0.25) is 5.91 Å². The van der Waals surface area contributed by atoms with Gasteiger partial charge in [0.25, 0.3) is 11.5 Å². The summed E-state index contributed by atoms with van der Waals surface area (Å²) in [6, 6.07) is 4.85. The summed E-state index contributed by atoms with van der Waals surface area (Å²) in [6.45, 7) is 3.25. The van der Waals surface area contributed by atoms with Crippen molar-refractivity contribution in [2.24, 2.45) is 0 Å². The Morgan fingerprint density at radius 2 is 1.92 bits per heavy atom. The number of benzene rings is 1. The van der Waals surface area contributed by atoms with Crippen LogP contribution in [-0.4, -0.2) is 27.5 Å². The highest BCUT2D eigenvalue weighted by Gasteiger charge is 2.16. The van der Waals surface area contributed by atoms with E-state index in [0.717, 1.165) is 24.3 Å². The van der Waals surface area contributed by atoms with Crippen LogP contribution in [0.1, 0.15) is 30.6 Å². The van der Waals surface area contributed by atoms with E-state index in [1.807, 2.05) is 6.92 Å². The second kappa shape index (κ2) is 8.43. The standard InChI is InChI=1S/C16H17FN4O3S/c1-3-8-25-16-20-13(18-9(2)22)12(15(24)21-16)19-14(23)10-4-6-11(17)7-5-10/h4-7H,3,8H2,1-2H3,(H,19,23)(H2,18,20,21,22,24). The first-order valence-electron chi connectivity index (χ1n) is 7.52. The average Bonchev–Trinajstić information content (AvgIpc) is 2.56. The van der Waals surface area contributed by atoms with Crippen LogP contribution in [0.5, 0.6) is 0 Å². The summed E-state index contributed by atoms with van der Waals surface area (Å²) in [6.07, 6.45) is 0.882. The molecule has 3 N–H and O–H groups in total. The van der Waals surface area contributed by atoms with Gasteiger partial charge in [-0.15, -0.1) is 0 Å². The van der Waals surface area contributed by atoms with Crippen LogP contribution in [0.2, 0.25) is 0 Å². The fraction of sp³-hybridized carbons (Fsp3) is 0.250. The van der Waals surface area contributed by atoms with Crippen molar-refractivity contribution in [3.8, 4) is 0 Å². The number of carbonyl (C=O) groups is 2. The average molecular weight is 364 g/mol. The van der Waals surface area contributed by atoms with Crippen LogP contribution in [-0.2, 0) is 4.79 Å². The molecule has 2 rings (SSSR count). The summed E-state index contributed by atoms with van der Waals surface area (Å²) in [5.74, 6) is -0.823. The van der Waals surface area contributed by atoms with Gasteiger partial charge in [-0.2, -0.15) is 0 Å². The predicted octanol–water partition coefficient (Wildman–Crippen LogP) is 2.62. The van der Waals surface area contributed by atoms with Crippen molar-refractivity contribution in [3.05, 3.63) is 46.0 Å². The Hall–Kier alpha value is -2.68. The van der Waals surface area contributed by atoms with Crippen molar-refractivity contribution in [2.75, 3.05) is 16.4 Å². The number of aromatic nitrogens is 2. The molecule has 1 aromatic carbocycles. The summed E-state index contributed by atoms with van der Waals surface area (Å²) < 4.78 is 12.9. The number of amides is 2. The predicted molar refractivity (Wildman–Crippen MR) is 94.5 cm³/mol. The molecule has 0 radical (unpaired) electrons. The maximum Gasteiger partial charge on any atom is 0.277 e. The molecular weight excluding hydrogens is 347 g/mol. The van der Waals surface area contributed by atoms with E-state index in [1.165, 1.54) is 30.8 Å². The van der Waals surface area contributed by atoms with Gasteiger partial charge in [-0.05, 0) is 30.7 Å². The van der Waals surface area contributed by atoms with E-state index >= 15 is 0 Å². The van der Waals surface area contributed by atoms with Gasteiger partial charge in [0.15, 0.2) is 16.7 Å². The first-order chi connectivity index (χ1) is 11.9. The van der Waals surface area contributed by atoms with E-state index < -0.39 is 23.2 Å². The van der Waals surface area contributed by atoms with E-state index in [-0.39, 0.29) is 17.1 Å². The van der Waals surface area contributed by atoms with E-state index in [0.29, 0.717) is 5.16 Å². The van der Waals surface area contributed by atoms with Gasteiger partial charge in [0, 0.05) is 18.2 Å². The van der Waals surface area contributed by atoms with Gasteiger partial charge in [-0.1, -0.05) is 18.7 Å². The highest BCUT2D eigenvalue weighted by molar-refractivity contribution is 7.99. The molecule has 25 heavy (non-hydrogen) atoms. The van der Waals surface area contributed by atoms with Gasteiger partial charge < -0.3 is 10.6 Å². The third-order valence-electron chi connectivity index (χ3n) is 2.98. The molecule has 0 saturated heterocycles. The maximum atomic E-state index is 12.9. The molecule has 1 aromatic heterocycles.